The first-order chi connectivity index (χ1) is 12.7. The van der Waals surface area contributed by atoms with Crippen molar-refractivity contribution >= 4 is 23.4 Å². The number of aromatic nitrogens is 2. The van der Waals surface area contributed by atoms with E-state index in [2.05, 4.69) is 29.7 Å². The van der Waals surface area contributed by atoms with Crippen molar-refractivity contribution in [2.45, 2.75) is 51.2 Å². The van der Waals surface area contributed by atoms with Crippen LogP contribution in [0.3, 0.4) is 0 Å². The van der Waals surface area contributed by atoms with E-state index in [-0.39, 0.29) is 19.0 Å². The monoisotopic (exact) mass is 386 g/mol. The first kappa shape index (κ1) is 19.7. The number of ether oxygens (including phenoxy) is 1. The Morgan fingerprint density at radius 3 is 2.56 bits per heavy atom. The Balaban J connectivity index is 0.00000210. The van der Waals surface area contributed by atoms with Crippen molar-refractivity contribution in [1.82, 2.24) is 9.55 Å². The van der Waals surface area contributed by atoms with E-state index in [0.29, 0.717) is 12.5 Å². The molecule has 0 aliphatic heterocycles. The highest BCUT2D eigenvalue weighted by molar-refractivity contribution is 5.85. The number of benzene rings is 2. The van der Waals surface area contributed by atoms with Crippen molar-refractivity contribution in [2.75, 3.05) is 6.61 Å². The third kappa shape index (κ3) is 4.28. The molecule has 0 spiro atoms. The van der Waals surface area contributed by atoms with Crippen LogP contribution in [-0.2, 0) is 13.0 Å². The van der Waals surface area contributed by atoms with Gasteiger partial charge in [0, 0.05) is 5.92 Å². The van der Waals surface area contributed by atoms with Crippen LogP contribution in [0.2, 0.25) is 0 Å². The molecule has 1 unspecified atom stereocenters. The fourth-order valence-electron chi connectivity index (χ4n) is 3.54. The third-order valence-electron chi connectivity index (χ3n) is 5.32. The first-order valence-corrected chi connectivity index (χ1v) is 9.59. The van der Waals surface area contributed by atoms with Crippen molar-refractivity contribution in [3.63, 3.8) is 0 Å². The molecule has 4 rings (SSSR count). The lowest BCUT2D eigenvalue weighted by Crippen LogP contribution is -2.26. The van der Waals surface area contributed by atoms with E-state index in [1.807, 2.05) is 30.3 Å². The summed E-state index contributed by atoms with van der Waals surface area (Å²) in [7, 11) is 0. The van der Waals surface area contributed by atoms with Gasteiger partial charge in [0.25, 0.3) is 0 Å². The van der Waals surface area contributed by atoms with Crippen LogP contribution in [-0.4, -0.2) is 27.4 Å². The summed E-state index contributed by atoms with van der Waals surface area (Å²) >= 11 is 0. The summed E-state index contributed by atoms with van der Waals surface area (Å²) in [5, 5.41) is 10.6. The smallest absolute Gasteiger partial charge is 0.119 e. The molecule has 0 amide bonds. The van der Waals surface area contributed by atoms with Crippen LogP contribution >= 0.6 is 12.4 Å². The number of imidazole rings is 1. The van der Waals surface area contributed by atoms with Crippen molar-refractivity contribution < 1.29 is 9.84 Å². The number of rotatable bonds is 7. The summed E-state index contributed by atoms with van der Waals surface area (Å²) in [6.07, 6.45) is 4.10. The average Bonchev–Trinajstić information content (AvgIpc) is 2.97. The minimum absolute atomic E-state index is 0. The number of fused-ring (bicyclic) bond motifs is 1. The summed E-state index contributed by atoms with van der Waals surface area (Å²) in [5.41, 5.74) is 3.39. The molecule has 1 atom stereocenters. The number of hydrogen-bond donors (Lipinski definition) is 1. The third-order valence-corrected chi connectivity index (χ3v) is 5.32. The van der Waals surface area contributed by atoms with Gasteiger partial charge in [-0.05, 0) is 49.1 Å². The van der Waals surface area contributed by atoms with Crippen molar-refractivity contribution in [3.05, 3.63) is 59.9 Å². The molecule has 5 heteroatoms. The molecule has 1 aromatic heterocycles. The fraction of sp³-hybridized carbons (Fsp3) is 0.409. The Labute approximate surface area is 166 Å². The summed E-state index contributed by atoms with van der Waals surface area (Å²) in [6.45, 7) is 2.93. The Bertz CT molecular complexity index is 872. The van der Waals surface area contributed by atoms with Crippen LogP contribution in [0.25, 0.3) is 11.0 Å². The molecular weight excluding hydrogens is 360 g/mol. The van der Waals surface area contributed by atoms with E-state index >= 15 is 0 Å². The van der Waals surface area contributed by atoms with Crippen LogP contribution in [0.5, 0.6) is 5.75 Å². The number of aliphatic hydroxyl groups excluding tert-OH is 1. The molecular formula is C22H27ClN2O2. The lowest BCUT2D eigenvalue weighted by Gasteiger charge is -2.26. The zero-order chi connectivity index (χ0) is 17.9. The standard InChI is InChI=1S/C22H26N2O2.ClH/c1-2-16-10-12-19(13-11-16)26-15-18(25)14-24-21-9-4-3-8-20(21)23-22(24)17-6-5-7-17;/h3-4,8-13,17-18,25H,2,5-7,14-15H2,1H3;1H. The number of para-hydroxylation sites is 2. The molecule has 0 radical (unpaired) electrons. The molecule has 27 heavy (non-hydrogen) atoms. The van der Waals surface area contributed by atoms with Gasteiger partial charge in [0.05, 0.1) is 17.6 Å². The molecule has 0 saturated heterocycles. The molecule has 1 saturated carbocycles. The SMILES string of the molecule is CCc1ccc(OCC(O)Cn2c(C3CCC3)nc3ccccc32)cc1.Cl. The van der Waals surface area contributed by atoms with Crippen LogP contribution < -0.4 is 4.74 Å². The Morgan fingerprint density at radius 2 is 1.89 bits per heavy atom. The fourth-order valence-corrected chi connectivity index (χ4v) is 3.54. The molecule has 1 N–H and O–H groups in total. The molecule has 1 fully saturated rings. The van der Waals surface area contributed by atoms with E-state index in [1.54, 1.807) is 0 Å². The Hall–Kier alpha value is -2.04. The van der Waals surface area contributed by atoms with E-state index in [4.69, 9.17) is 9.72 Å². The number of hydrogen-bond acceptors (Lipinski definition) is 3. The van der Waals surface area contributed by atoms with Crippen LogP contribution in [0.4, 0.5) is 0 Å². The van der Waals surface area contributed by atoms with Gasteiger partial charge in [-0.15, -0.1) is 12.4 Å². The van der Waals surface area contributed by atoms with Crippen LogP contribution in [0.15, 0.2) is 48.5 Å². The van der Waals surface area contributed by atoms with E-state index in [0.717, 1.165) is 29.0 Å². The predicted molar refractivity (Wildman–Crippen MR) is 111 cm³/mol. The van der Waals surface area contributed by atoms with Crippen LogP contribution in [0, 0.1) is 0 Å². The summed E-state index contributed by atoms with van der Waals surface area (Å²) in [4.78, 5) is 4.84. The quantitative estimate of drug-likeness (QED) is 0.638. The summed E-state index contributed by atoms with van der Waals surface area (Å²) in [6, 6.07) is 16.3. The summed E-state index contributed by atoms with van der Waals surface area (Å²) < 4.78 is 7.97. The van der Waals surface area contributed by atoms with E-state index < -0.39 is 6.10 Å². The van der Waals surface area contributed by atoms with Gasteiger partial charge in [0.2, 0.25) is 0 Å². The summed E-state index contributed by atoms with van der Waals surface area (Å²) in [5.74, 6) is 2.44. The molecule has 0 bridgehead atoms. The Morgan fingerprint density at radius 1 is 1.15 bits per heavy atom. The molecule has 2 aromatic carbocycles. The maximum atomic E-state index is 10.6. The highest BCUT2D eigenvalue weighted by atomic mass is 35.5. The second-order valence-electron chi connectivity index (χ2n) is 7.16. The van der Waals surface area contributed by atoms with Crippen molar-refractivity contribution in [1.29, 1.82) is 0 Å². The van der Waals surface area contributed by atoms with Crippen molar-refractivity contribution in [2.24, 2.45) is 0 Å². The second kappa shape index (κ2) is 8.77. The number of aliphatic hydroxyl groups is 1. The molecule has 3 aromatic rings. The number of halogens is 1. The van der Waals surface area contributed by atoms with E-state index in [9.17, 15) is 5.11 Å². The maximum absolute atomic E-state index is 10.6. The van der Waals surface area contributed by atoms with Gasteiger partial charge >= 0.3 is 0 Å². The minimum atomic E-state index is -0.572. The zero-order valence-electron chi connectivity index (χ0n) is 15.7. The lowest BCUT2D eigenvalue weighted by atomic mass is 9.85. The molecule has 144 valence electrons. The first-order valence-electron chi connectivity index (χ1n) is 9.59. The van der Waals surface area contributed by atoms with Crippen LogP contribution in [0.1, 0.15) is 43.5 Å². The number of aryl methyl sites for hydroxylation is 1. The molecule has 1 aliphatic carbocycles. The predicted octanol–water partition coefficient (Wildman–Crippen LogP) is 4.73. The number of nitrogens with zero attached hydrogens (tertiary/aromatic N) is 2. The van der Waals surface area contributed by atoms with Crippen molar-refractivity contribution in [3.8, 4) is 5.75 Å². The lowest BCUT2D eigenvalue weighted by molar-refractivity contribution is 0.0919. The molecule has 1 heterocycles. The average molecular weight is 387 g/mol. The van der Waals surface area contributed by atoms with Gasteiger partial charge in [0.1, 0.15) is 24.3 Å². The van der Waals surface area contributed by atoms with Gasteiger partial charge < -0.3 is 14.4 Å². The second-order valence-corrected chi connectivity index (χ2v) is 7.16. The highest BCUT2D eigenvalue weighted by Crippen LogP contribution is 2.37. The normalized spacial score (nSPS) is 15.2. The molecule has 1 aliphatic rings. The van der Waals surface area contributed by atoms with Gasteiger partial charge in [-0.25, -0.2) is 4.98 Å². The van der Waals surface area contributed by atoms with Gasteiger partial charge in [-0.3, -0.25) is 0 Å². The largest absolute Gasteiger partial charge is 0.491 e. The van der Waals surface area contributed by atoms with Gasteiger partial charge in [0.15, 0.2) is 0 Å². The molecule has 4 nitrogen and oxygen atoms in total. The Kier molecular flexibility index (Phi) is 6.40. The van der Waals surface area contributed by atoms with Gasteiger partial charge in [-0.2, -0.15) is 0 Å². The zero-order valence-corrected chi connectivity index (χ0v) is 16.5. The minimum Gasteiger partial charge on any atom is -0.491 e. The topological polar surface area (TPSA) is 47.3 Å². The van der Waals surface area contributed by atoms with Gasteiger partial charge in [-0.1, -0.05) is 37.6 Å². The van der Waals surface area contributed by atoms with E-state index in [1.165, 1.54) is 24.8 Å². The maximum Gasteiger partial charge on any atom is 0.119 e. The highest BCUT2D eigenvalue weighted by Gasteiger charge is 2.26.